The van der Waals surface area contributed by atoms with Gasteiger partial charge in [-0.25, -0.2) is 14.5 Å². The number of fused-ring (bicyclic) bond motifs is 2. The van der Waals surface area contributed by atoms with E-state index in [2.05, 4.69) is 30.7 Å². The number of carbonyl (C=O) groups excluding carboxylic acids is 3. The number of aromatic nitrogens is 5. The lowest BCUT2D eigenvalue weighted by molar-refractivity contribution is -0.117. The lowest BCUT2D eigenvalue weighted by Gasteiger charge is -2.17. The SMILES string of the molecule is COc1c(Nc2nc(NC(=O)C3CC3)nn3ccnc23)cccc1-c1cc2c(s1)C(=O)N(Cc1cccc(C(=O)N(C)C)n1)C2. The van der Waals surface area contributed by atoms with Crippen molar-refractivity contribution in [1.29, 1.82) is 0 Å². The van der Waals surface area contributed by atoms with Crippen LogP contribution in [0.25, 0.3) is 16.1 Å². The molecule has 0 unspecified atom stereocenters. The van der Waals surface area contributed by atoms with Gasteiger partial charge in [0, 0.05) is 49.4 Å². The van der Waals surface area contributed by atoms with E-state index in [0.29, 0.717) is 52.3 Å². The van der Waals surface area contributed by atoms with Gasteiger partial charge in [-0.1, -0.05) is 12.1 Å². The number of para-hydroxylation sites is 1. The van der Waals surface area contributed by atoms with E-state index in [4.69, 9.17) is 4.74 Å². The predicted molar refractivity (Wildman–Crippen MR) is 168 cm³/mol. The first-order chi connectivity index (χ1) is 21.8. The van der Waals surface area contributed by atoms with Crippen LogP contribution in [0.2, 0.25) is 0 Å². The summed E-state index contributed by atoms with van der Waals surface area (Å²) in [5, 5.41) is 10.5. The second-order valence-electron chi connectivity index (χ2n) is 11.1. The topological polar surface area (TPSA) is 147 Å². The number of carbonyl (C=O) groups is 3. The molecule has 3 amide bonds. The van der Waals surface area contributed by atoms with E-state index in [1.807, 2.05) is 30.3 Å². The standard InChI is InChI=1S/C31H29N9O4S/c1-38(2)29(42)22-9-4-6-19(33-22)16-39-15-18-14-23(45-25(18)30(39)43)20-7-5-8-21(24(20)44-3)34-26-27-32-12-13-40(27)37-31(35-26)36-28(41)17-10-11-17/h4-9,12-14,17H,10-11,15-16H2,1-3H3,(H2,34,35,36,37,41). The summed E-state index contributed by atoms with van der Waals surface area (Å²) in [5.74, 6) is 0.800. The van der Waals surface area contributed by atoms with Crippen LogP contribution >= 0.6 is 11.3 Å². The first-order valence-corrected chi connectivity index (χ1v) is 15.2. The van der Waals surface area contributed by atoms with Gasteiger partial charge in [0.2, 0.25) is 11.9 Å². The molecule has 45 heavy (non-hydrogen) atoms. The van der Waals surface area contributed by atoms with Crippen LogP contribution in [0.15, 0.2) is 54.9 Å². The Bertz CT molecular complexity index is 1980. The van der Waals surface area contributed by atoms with Gasteiger partial charge in [-0.15, -0.1) is 16.4 Å². The van der Waals surface area contributed by atoms with E-state index < -0.39 is 0 Å². The highest BCUT2D eigenvalue weighted by Gasteiger charge is 2.32. The molecule has 2 aliphatic rings. The highest BCUT2D eigenvalue weighted by Crippen LogP contribution is 2.44. The number of nitrogens with zero attached hydrogens (tertiary/aromatic N) is 7. The lowest BCUT2D eigenvalue weighted by Crippen LogP contribution is -2.26. The number of hydrogen-bond donors (Lipinski definition) is 2. The highest BCUT2D eigenvalue weighted by molar-refractivity contribution is 7.17. The van der Waals surface area contributed by atoms with Crippen molar-refractivity contribution < 1.29 is 19.1 Å². The zero-order chi connectivity index (χ0) is 31.2. The van der Waals surface area contributed by atoms with Crippen LogP contribution < -0.4 is 15.4 Å². The Morgan fingerprint density at radius 3 is 2.71 bits per heavy atom. The Hall–Kier alpha value is -5.37. The molecule has 5 heterocycles. The smallest absolute Gasteiger partial charge is 0.271 e. The molecule has 7 rings (SSSR count). The minimum absolute atomic E-state index is 0.00765. The third-order valence-electron chi connectivity index (χ3n) is 7.61. The van der Waals surface area contributed by atoms with Gasteiger partial charge in [0.15, 0.2) is 17.2 Å². The normalized spacial score (nSPS) is 14.0. The average Bonchev–Trinajstić information content (AvgIpc) is 3.53. The Morgan fingerprint density at radius 2 is 1.96 bits per heavy atom. The quantitative estimate of drug-likeness (QED) is 0.247. The van der Waals surface area contributed by atoms with E-state index >= 15 is 0 Å². The van der Waals surface area contributed by atoms with Crippen LogP contribution in [0.5, 0.6) is 5.75 Å². The summed E-state index contributed by atoms with van der Waals surface area (Å²) in [6.07, 6.45) is 5.04. The van der Waals surface area contributed by atoms with Crippen LogP contribution in [-0.2, 0) is 17.9 Å². The first kappa shape index (κ1) is 28.4. The molecule has 0 bridgehead atoms. The molecule has 1 saturated carbocycles. The van der Waals surface area contributed by atoms with Crippen LogP contribution in [-0.4, -0.2) is 73.3 Å². The summed E-state index contributed by atoms with van der Waals surface area (Å²) in [5.41, 5.74) is 3.85. The van der Waals surface area contributed by atoms with E-state index in [-0.39, 0.29) is 29.6 Å². The van der Waals surface area contributed by atoms with Gasteiger partial charge in [0.25, 0.3) is 11.8 Å². The molecule has 4 aromatic heterocycles. The molecule has 0 radical (unpaired) electrons. The van der Waals surface area contributed by atoms with Crippen molar-refractivity contribution in [2.45, 2.75) is 25.9 Å². The largest absolute Gasteiger partial charge is 0.494 e. The Labute approximate surface area is 261 Å². The number of rotatable bonds is 9. The maximum atomic E-state index is 13.4. The molecule has 1 aromatic carbocycles. The number of imidazole rings is 1. The molecular formula is C31H29N9O4S. The molecule has 1 aliphatic heterocycles. The van der Waals surface area contributed by atoms with Gasteiger partial charge >= 0.3 is 0 Å². The number of thiophene rings is 1. The highest BCUT2D eigenvalue weighted by atomic mass is 32.1. The number of hydrogen-bond acceptors (Lipinski definition) is 10. The molecule has 1 aliphatic carbocycles. The number of methoxy groups -OCH3 is 1. The van der Waals surface area contributed by atoms with Crippen molar-refractivity contribution in [3.63, 3.8) is 0 Å². The molecule has 228 valence electrons. The molecule has 0 atom stereocenters. The second kappa shape index (κ2) is 11.3. The van der Waals surface area contributed by atoms with Crippen molar-refractivity contribution in [3.8, 4) is 16.2 Å². The number of ether oxygens (including phenoxy) is 1. The number of amides is 3. The predicted octanol–water partition coefficient (Wildman–Crippen LogP) is 4.21. The van der Waals surface area contributed by atoms with Gasteiger partial charge in [0.05, 0.1) is 29.9 Å². The van der Waals surface area contributed by atoms with Crippen LogP contribution in [0.4, 0.5) is 17.5 Å². The Balaban J connectivity index is 1.13. The molecule has 5 aromatic rings. The third-order valence-corrected chi connectivity index (χ3v) is 8.81. The fourth-order valence-corrected chi connectivity index (χ4v) is 6.38. The minimum atomic E-state index is -0.186. The summed E-state index contributed by atoms with van der Waals surface area (Å²) in [4.78, 5) is 56.3. The second-order valence-corrected chi connectivity index (χ2v) is 12.1. The summed E-state index contributed by atoms with van der Waals surface area (Å²) in [6.45, 7) is 0.740. The van der Waals surface area contributed by atoms with E-state index in [9.17, 15) is 14.4 Å². The summed E-state index contributed by atoms with van der Waals surface area (Å²) in [7, 11) is 4.95. The summed E-state index contributed by atoms with van der Waals surface area (Å²) >= 11 is 1.41. The molecule has 0 spiro atoms. The molecule has 13 nitrogen and oxygen atoms in total. The lowest BCUT2D eigenvalue weighted by atomic mass is 10.1. The fourth-order valence-electron chi connectivity index (χ4n) is 5.22. The van der Waals surface area contributed by atoms with Gasteiger partial charge in [-0.2, -0.15) is 4.98 Å². The number of nitrogens with one attached hydrogen (secondary N) is 2. The van der Waals surface area contributed by atoms with Crippen molar-refractivity contribution in [1.82, 2.24) is 34.4 Å². The number of pyridine rings is 1. The van der Waals surface area contributed by atoms with Gasteiger partial charge in [-0.05, 0) is 48.7 Å². The number of anilines is 3. The molecular weight excluding hydrogens is 594 g/mol. The third kappa shape index (κ3) is 5.44. The monoisotopic (exact) mass is 623 g/mol. The zero-order valence-electron chi connectivity index (χ0n) is 24.8. The first-order valence-electron chi connectivity index (χ1n) is 14.3. The van der Waals surface area contributed by atoms with E-state index in [1.54, 1.807) is 55.1 Å². The van der Waals surface area contributed by atoms with Gasteiger partial charge in [-0.3, -0.25) is 19.7 Å². The minimum Gasteiger partial charge on any atom is -0.494 e. The van der Waals surface area contributed by atoms with Gasteiger partial charge < -0.3 is 19.9 Å². The number of benzene rings is 1. The maximum Gasteiger partial charge on any atom is 0.271 e. The zero-order valence-corrected chi connectivity index (χ0v) is 25.6. The summed E-state index contributed by atoms with van der Waals surface area (Å²) in [6, 6.07) is 13.0. The molecule has 2 N–H and O–H groups in total. The Kier molecular flexibility index (Phi) is 7.12. The van der Waals surface area contributed by atoms with Crippen molar-refractivity contribution >= 4 is 52.2 Å². The fraction of sp³-hybridized carbons (Fsp3) is 0.258. The summed E-state index contributed by atoms with van der Waals surface area (Å²) < 4.78 is 7.43. The molecule has 0 saturated heterocycles. The molecule has 1 fully saturated rings. The average molecular weight is 624 g/mol. The van der Waals surface area contributed by atoms with Gasteiger partial charge in [0.1, 0.15) is 5.69 Å². The van der Waals surface area contributed by atoms with Crippen LogP contribution in [0.3, 0.4) is 0 Å². The Morgan fingerprint density at radius 1 is 1.13 bits per heavy atom. The van der Waals surface area contributed by atoms with E-state index in [0.717, 1.165) is 28.8 Å². The van der Waals surface area contributed by atoms with Crippen molar-refractivity contribution in [3.05, 3.63) is 76.7 Å². The maximum absolute atomic E-state index is 13.4. The van der Waals surface area contributed by atoms with Crippen molar-refractivity contribution in [2.24, 2.45) is 5.92 Å². The van der Waals surface area contributed by atoms with Crippen molar-refractivity contribution in [2.75, 3.05) is 31.8 Å². The molecule has 14 heteroatoms. The van der Waals surface area contributed by atoms with Crippen LogP contribution in [0.1, 0.15) is 44.3 Å². The van der Waals surface area contributed by atoms with Crippen LogP contribution in [0, 0.1) is 5.92 Å². The van der Waals surface area contributed by atoms with E-state index in [1.165, 1.54) is 16.2 Å².